The summed E-state index contributed by atoms with van der Waals surface area (Å²) in [7, 11) is 1.43. The predicted octanol–water partition coefficient (Wildman–Crippen LogP) is 2.23. The van der Waals surface area contributed by atoms with Crippen LogP contribution in [0.3, 0.4) is 0 Å². The van der Waals surface area contributed by atoms with Crippen LogP contribution in [0.2, 0.25) is 0 Å². The zero-order chi connectivity index (χ0) is 12.0. The third-order valence-corrected chi connectivity index (χ3v) is 3.14. The zero-order valence-corrected chi connectivity index (χ0v) is 10.6. The number of carbonyl (C=O) groups excluding carboxylic acids is 1. The van der Waals surface area contributed by atoms with Crippen molar-refractivity contribution in [3.63, 3.8) is 0 Å². The first-order valence-corrected chi connectivity index (χ1v) is 6.11. The fourth-order valence-corrected chi connectivity index (χ4v) is 2.11. The van der Waals surface area contributed by atoms with E-state index in [2.05, 4.69) is 29.6 Å². The summed E-state index contributed by atoms with van der Waals surface area (Å²) in [5.74, 6) is 0.439. The molecule has 0 aromatic carbocycles. The number of methoxy groups -OCH3 is 1. The van der Waals surface area contributed by atoms with Crippen LogP contribution in [0.25, 0.3) is 0 Å². The second kappa shape index (κ2) is 6.69. The quantitative estimate of drug-likeness (QED) is 0.543. The lowest BCUT2D eigenvalue weighted by atomic mass is 9.96. The van der Waals surface area contributed by atoms with Crippen molar-refractivity contribution in [2.75, 3.05) is 20.2 Å². The topological polar surface area (TPSA) is 29.5 Å². The monoisotopic (exact) mass is 225 g/mol. The van der Waals surface area contributed by atoms with E-state index in [1.165, 1.54) is 26.5 Å². The Morgan fingerprint density at radius 2 is 2.31 bits per heavy atom. The molecule has 0 aromatic rings. The summed E-state index contributed by atoms with van der Waals surface area (Å²) in [5.41, 5.74) is 0. The molecule has 1 atom stereocenters. The van der Waals surface area contributed by atoms with Crippen LogP contribution in [0, 0.1) is 5.92 Å². The number of ether oxygens (including phenoxy) is 1. The minimum atomic E-state index is -0.159. The maximum Gasteiger partial charge on any atom is 0.309 e. The second-order valence-electron chi connectivity index (χ2n) is 4.70. The minimum Gasteiger partial charge on any atom is -0.469 e. The van der Waals surface area contributed by atoms with Crippen LogP contribution in [0.4, 0.5) is 0 Å². The summed E-state index contributed by atoms with van der Waals surface area (Å²) in [6, 6.07) is 0.622. The van der Waals surface area contributed by atoms with Crippen LogP contribution in [0.5, 0.6) is 0 Å². The molecule has 0 aromatic heterocycles. The Bertz CT molecular complexity index is 248. The molecule has 0 aliphatic carbocycles. The first-order valence-electron chi connectivity index (χ1n) is 6.11. The van der Waals surface area contributed by atoms with Crippen LogP contribution < -0.4 is 0 Å². The Kier molecular flexibility index (Phi) is 5.53. The van der Waals surface area contributed by atoms with E-state index < -0.39 is 0 Å². The first kappa shape index (κ1) is 13.2. The van der Waals surface area contributed by atoms with Crippen molar-refractivity contribution in [1.82, 2.24) is 4.90 Å². The van der Waals surface area contributed by atoms with Crippen molar-refractivity contribution < 1.29 is 9.53 Å². The molecule has 0 N–H and O–H groups in total. The van der Waals surface area contributed by atoms with Crippen molar-refractivity contribution in [2.45, 2.75) is 39.2 Å². The van der Waals surface area contributed by atoms with Crippen molar-refractivity contribution >= 4 is 5.97 Å². The lowest BCUT2D eigenvalue weighted by molar-refractivity contribution is -0.139. The van der Waals surface area contributed by atoms with Crippen molar-refractivity contribution in [1.29, 1.82) is 0 Å². The number of nitrogens with zero attached hydrogens (tertiary/aromatic N) is 1. The summed E-state index contributed by atoms with van der Waals surface area (Å²) in [6.45, 7) is 6.80. The van der Waals surface area contributed by atoms with E-state index >= 15 is 0 Å². The van der Waals surface area contributed by atoms with E-state index in [-0.39, 0.29) is 5.97 Å². The molecule has 0 spiro atoms. The zero-order valence-electron chi connectivity index (χ0n) is 10.6. The highest BCUT2D eigenvalue weighted by molar-refractivity contribution is 5.70. The molecular formula is C13H23NO2. The molecule has 1 fully saturated rings. The molecule has 1 rings (SSSR count). The fraction of sp³-hybridized carbons (Fsp3) is 0.769. The first-order chi connectivity index (χ1) is 7.63. The van der Waals surface area contributed by atoms with Gasteiger partial charge in [0.25, 0.3) is 0 Å². The van der Waals surface area contributed by atoms with Gasteiger partial charge in [0.15, 0.2) is 0 Å². The normalized spacial score (nSPS) is 22.9. The molecule has 0 saturated carbocycles. The summed E-state index contributed by atoms with van der Waals surface area (Å²) in [6.07, 6.45) is 7.01. The Morgan fingerprint density at radius 1 is 1.56 bits per heavy atom. The maximum absolute atomic E-state index is 10.9. The van der Waals surface area contributed by atoms with Gasteiger partial charge in [-0.2, -0.15) is 0 Å². The highest BCUT2D eigenvalue weighted by Gasteiger charge is 2.19. The van der Waals surface area contributed by atoms with Crippen molar-refractivity contribution in [2.24, 2.45) is 5.92 Å². The molecule has 0 radical (unpaired) electrons. The van der Waals surface area contributed by atoms with Gasteiger partial charge in [0.05, 0.1) is 13.5 Å². The number of hydrogen-bond acceptors (Lipinski definition) is 3. The molecule has 16 heavy (non-hydrogen) atoms. The predicted molar refractivity (Wildman–Crippen MR) is 65.2 cm³/mol. The van der Waals surface area contributed by atoms with Gasteiger partial charge >= 0.3 is 5.97 Å². The smallest absolute Gasteiger partial charge is 0.309 e. The number of piperidine rings is 1. The summed E-state index contributed by atoms with van der Waals surface area (Å²) >= 11 is 0. The molecule has 1 heterocycles. The van der Waals surface area contributed by atoms with Gasteiger partial charge in [-0.15, -0.1) is 0 Å². The van der Waals surface area contributed by atoms with Gasteiger partial charge in [0.2, 0.25) is 0 Å². The molecule has 1 aliphatic heterocycles. The summed E-state index contributed by atoms with van der Waals surface area (Å²) in [4.78, 5) is 13.4. The van der Waals surface area contributed by atoms with Crippen LogP contribution in [0.1, 0.15) is 33.1 Å². The highest BCUT2D eigenvalue weighted by atomic mass is 16.5. The standard InChI is InChI=1S/C13H23NO2/c1-11(2)14-9-5-7-12(10-14)6-4-8-13(15)16-3/h4,6,11-12H,5,7-10H2,1-3H3/b6-4-. The van der Waals surface area contributed by atoms with Crippen LogP contribution in [-0.4, -0.2) is 37.1 Å². The summed E-state index contributed by atoms with van der Waals surface area (Å²) in [5, 5.41) is 0. The molecule has 92 valence electrons. The Labute approximate surface area is 98.5 Å². The van der Waals surface area contributed by atoms with Crippen LogP contribution >= 0.6 is 0 Å². The molecule has 3 heteroatoms. The molecule has 0 amide bonds. The second-order valence-corrected chi connectivity index (χ2v) is 4.70. The van der Waals surface area contributed by atoms with Gasteiger partial charge in [0, 0.05) is 12.6 Å². The lowest BCUT2D eigenvalue weighted by Gasteiger charge is -2.34. The summed E-state index contributed by atoms with van der Waals surface area (Å²) < 4.78 is 4.60. The van der Waals surface area contributed by atoms with E-state index in [0.29, 0.717) is 18.4 Å². The highest BCUT2D eigenvalue weighted by Crippen LogP contribution is 2.19. The van der Waals surface area contributed by atoms with E-state index in [1.54, 1.807) is 0 Å². The number of esters is 1. The Morgan fingerprint density at radius 3 is 2.94 bits per heavy atom. The number of hydrogen-bond donors (Lipinski definition) is 0. The SMILES string of the molecule is COC(=O)C/C=C\C1CCCN(C(C)C)C1. The average Bonchev–Trinajstić information content (AvgIpc) is 2.29. The number of rotatable bonds is 4. The fourth-order valence-electron chi connectivity index (χ4n) is 2.11. The Hall–Kier alpha value is -0.830. The molecular weight excluding hydrogens is 202 g/mol. The largest absolute Gasteiger partial charge is 0.469 e. The Balaban J connectivity index is 2.34. The van der Waals surface area contributed by atoms with Gasteiger partial charge in [-0.1, -0.05) is 12.2 Å². The van der Waals surface area contributed by atoms with Crippen molar-refractivity contribution in [3.8, 4) is 0 Å². The van der Waals surface area contributed by atoms with Gasteiger partial charge in [-0.3, -0.25) is 4.79 Å². The molecule has 3 nitrogen and oxygen atoms in total. The van der Waals surface area contributed by atoms with E-state index in [1.807, 2.05) is 6.08 Å². The van der Waals surface area contributed by atoms with Gasteiger partial charge in [0.1, 0.15) is 0 Å². The third-order valence-electron chi connectivity index (χ3n) is 3.14. The van der Waals surface area contributed by atoms with E-state index in [0.717, 1.165) is 6.54 Å². The lowest BCUT2D eigenvalue weighted by Crippen LogP contribution is -2.39. The van der Waals surface area contributed by atoms with Gasteiger partial charge < -0.3 is 9.64 Å². The van der Waals surface area contributed by atoms with Crippen molar-refractivity contribution in [3.05, 3.63) is 12.2 Å². The average molecular weight is 225 g/mol. The van der Waals surface area contributed by atoms with Gasteiger partial charge in [-0.25, -0.2) is 0 Å². The number of likely N-dealkylation sites (tertiary alicyclic amines) is 1. The molecule has 1 saturated heterocycles. The molecule has 1 unspecified atom stereocenters. The molecule has 0 bridgehead atoms. The van der Waals surface area contributed by atoms with Crippen LogP contribution in [0.15, 0.2) is 12.2 Å². The maximum atomic E-state index is 10.9. The van der Waals surface area contributed by atoms with Gasteiger partial charge in [-0.05, 0) is 39.2 Å². The van der Waals surface area contributed by atoms with E-state index in [9.17, 15) is 4.79 Å². The minimum absolute atomic E-state index is 0.159. The third kappa shape index (κ3) is 4.35. The van der Waals surface area contributed by atoms with E-state index in [4.69, 9.17) is 0 Å². The van der Waals surface area contributed by atoms with Crippen LogP contribution in [-0.2, 0) is 9.53 Å². The number of carbonyl (C=O) groups is 1. The molecule has 1 aliphatic rings.